The summed E-state index contributed by atoms with van der Waals surface area (Å²) in [5, 5.41) is 9.34. The summed E-state index contributed by atoms with van der Waals surface area (Å²) in [6.45, 7) is 1.05. The molecule has 1 aliphatic heterocycles. The average molecular weight is 376 g/mol. The molecular formula is C22H24N4O2. The van der Waals surface area contributed by atoms with E-state index < -0.39 is 0 Å². The summed E-state index contributed by atoms with van der Waals surface area (Å²) < 4.78 is 1.73. The highest BCUT2D eigenvalue weighted by Gasteiger charge is 2.33. The van der Waals surface area contributed by atoms with Gasteiger partial charge >= 0.3 is 0 Å². The van der Waals surface area contributed by atoms with Gasteiger partial charge in [-0.15, -0.1) is 0 Å². The first kappa shape index (κ1) is 18.2. The van der Waals surface area contributed by atoms with Gasteiger partial charge in [0.2, 0.25) is 11.8 Å². The fourth-order valence-corrected chi connectivity index (χ4v) is 3.83. The molecule has 2 aromatic carbocycles. The fourth-order valence-electron chi connectivity index (χ4n) is 3.83. The summed E-state index contributed by atoms with van der Waals surface area (Å²) in [5.41, 5.74) is 1.91. The Morgan fingerprint density at radius 2 is 1.96 bits per heavy atom. The van der Waals surface area contributed by atoms with Crippen molar-refractivity contribution >= 4 is 22.6 Å². The monoisotopic (exact) mass is 376 g/mol. The molecule has 1 fully saturated rings. The van der Waals surface area contributed by atoms with Crippen LogP contribution in [-0.2, 0) is 29.6 Å². The molecule has 2 heterocycles. The van der Waals surface area contributed by atoms with Gasteiger partial charge in [0, 0.05) is 19.8 Å². The third kappa shape index (κ3) is 3.76. The highest BCUT2D eigenvalue weighted by atomic mass is 16.2. The van der Waals surface area contributed by atoms with Crippen LogP contribution in [-0.4, -0.2) is 39.1 Å². The minimum absolute atomic E-state index is 0.00784. The molecular weight excluding hydrogens is 352 g/mol. The van der Waals surface area contributed by atoms with Crippen molar-refractivity contribution in [3.8, 4) is 0 Å². The predicted octanol–water partition coefficient (Wildman–Crippen LogP) is 2.42. The van der Waals surface area contributed by atoms with Gasteiger partial charge in [-0.1, -0.05) is 42.5 Å². The first-order valence-electron chi connectivity index (χ1n) is 9.63. The molecule has 1 N–H and O–H groups in total. The second kappa shape index (κ2) is 7.84. The number of hydrogen-bond donors (Lipinski definition) is 1. The molecule has 3 aromatic rings. The van der Waals surface area contributed by atoms with E-state index in [9.17, 15) is 9.59 Å². The van der Waals surface area contributed by atoms with Gasteiger partial charge in [-0.2, -0.15) is 5.10 Å². The quantitative estimate of drug-likeness (QED) is 0.744. The van der Waals surface area contributed by atoms with Crippen LogP contribution in [0.2, 0.25) is 0 Å². The molecule has 28 heavy (non-hydrogen) atoms. The third-order valence-electron chi connectivity index (χ3n) is 5.41. The van der Waals surface area contributed by atoms with Gasteiger partial charge in [0.05, 0.1) is 18.7 Å². The van der Waals surface area contributed by atoms with E-state index in [0.29, 0.717) is 25.9 Å². The zero-order valence-corrected chi connectivity index (χ0v) is 16.0. The van der Waals surface area contributed by atoms with Crippen molar-refractivity contribution in [2.24, 2.45) is 7.05 Å². The summed E-state index contributed by atoms with van der Waals surface area (Å²) in [4.78, 5) is 27.3. The van der Waals surface area contributed by atoms with E-state index in [1.807, 2.05) is 43.4 Å². The Labute approximate surface area is 164 Å². The highest BCUT2D eigenvalue weighted by molar-refractivity contribution is 5.90. The molecule has 6 heteroatoms. The van der Waals surface area contributed by atoms with Crippen molar-refractivity contribution in [2.45, 2.75) is 31.8 Å². The van der Waals surface area contributed by atoms with Gasteiger partial charge < -0.3 is 10.2 Å². The van der Waals surface area contributed by atoms with Crippen LogP contribution in [0.25, 0.3) is 10.8 Å². The average Bonchev–Trinajstić information content (AvgIpc) is 3.35. The fraction of sp³-hybridized carbons (Fsp3) is 0.318. The summed E-state index contributed by atoms with van der Waals surface area (Å²) in [7, 11) is 1.84. The normalized spacial score (nSPS) is 16.5. The van der Waals surface area contributed by atoms with Crippen LogP contribution in [0.5, 0.6) is 0 Å². The van der Waals surface area contributed by atoms with Crippen molar-refractivity contribution in [1.29, 1.82) is 0 Å². The van der Waals surface area contributed by atoms with Crippen LogP contribution in [0.4, 0.5) is 0 Å². The molecule has 1 unspecified atom stereocenters. The Hall–Kier alpha value is -3.15. The molecule has 1 aliphatic rings. The first-order chi connectivity index (χ1) is 13.6. The van der Waals surface area contributed by atoms with Crippen LogP contribution in [0.1, 0.15) is 24.1 Å². The minimum Gasteiger partial charge on any atom is -0.349 e. The van der Waals surface area contributed by atoms with Crippen molar-refractivity contribution in [2.75, 3.05) is 6.54 Å². The number of likely N-dealkylation sites (tertiary alicyclic amines) is 1. The lowest BCUT2D eigenvalue weighted by atomic mass is 10.0. The summed E-state index contributed by atoms with van der Waals surface area (Å²) >= 11 is 0. The standard InChI is InChI=1S/C22H24N4O2/c1-25-19(10-11-24-25)15-23-22(28)20-7-4-12-26(20)21(27)14-16-8-9-17-5-2-3-6-18(17)13-16/h2-3,5-6,8-11,13,20H,4,7,12,14-15H2,1H3,(H,23,28). The van der Waals surface area contributed by atoms with E-state index in [0.717, 1.165) is 28.5 Å². The number of hydrogen-bond acceptors (Lipinski definition) is 3. The van der Waals surface area contributed by atoms with Crippen molar-refractivity contribution in [1.82, 2.24) is 20.0 Å². The lowest BCUT2D eigenvalue weighted by molar-refractivity contribution is -0.138. The van der Waals surface area contributed by atoms with Crippen molar-refractivity contribution in [3.05, 3.63) is 66.0 Å². The summed E-state index contributed by atoms with van der Waals surface area (Å²) in [5.74, 6) is -0.0842. The molecule has 2 amide bonds. The second-order valence-corrected chi connectivity index (χ2v) is 7.27. The maximum Gasteiger partial charge on any atom is 0.243 e. The zero-order valence-electron chi connectivity index (χ0n) is 16.0. The highest BCUT2D eigenvalue weighted by Crippen LogP contribution is 2.21. The minimum atomic E-state index is -0.388. The van der Waals surface area contributed by atoms with E-state index >= 15 is 0 Å². The van der Waals surface area contributed by atoms with Crippen molar-refractivity contribution < 1.29 is 9.59 Å². The van der Waals surface area contributed by atoms with Crippen LogP contribution in [0, 0.1) is 0 Å². The molecule has 0 saturated carbocycles. The van der Waals surface area contributed by atoms with E-state index in [1.54, 1.807) is 15.8 Å². The number of carbonyl (C=O) groups is 2. The number of nitrogens with one attached hydrogen (secondary N) is 1. The summed E-state index contributed by atoms with van der Waals surface area (Å²) in [6, 6.07) is 15.7. The third-order valence-corrected chi connectivity index (χ3v) is 5.41. The Bertz CT molecular complexity index is 1010. The number of nitrogens with zero attached hydrogens (tertiary/aromatic N) is 3. The van der Waals surface area contributed by atoms with Crippen LogP contribution in [0.3, 0.4) is 0 Å². The smallest absolute Gasteiger partial charge is 0.243 e. The Morgan fingerprint density at radius 3 is 2.75 bits per heavy atom. The van der Waals surface area contributed by atoms with Gasteiger partial charge in [-0.3, -0.25) is 14.3 Å². The maximum absolute atomic E-state index is 12.9. The molecule has 6 nitrogen and oxygen atoms in total. The molecule has 0 spiro atoms. The Balaban J connectivity index is 1.41. The van der Waals surface area contributed by atoms with Gasteiger partial charge in [-0.25, -0.2) is 0 Å². The number of carbonyl (C=O) groups excluding carboxylic acids is 2. The van der Waals surface area contributed by atoms with E-state index in [1.165, 1.54) is 0 Å². The zero-order chi connectivity index (χ0) is 19.5. The van der Waals surface area contributed by atoms with Gasteiger partial charge in [0.1, 0.15) is 6.04 Å². The number of benzene rings is 2. The number of aryl methyl sites for hydroxylation is 1. The molecule has 0 aliphatic carbocycles. The topological polar surface area (TPSA) is 67.2 Å². The van der Waals surface area contributed by atoms with Crippen LogP contribution in [0.15, 0.2) is 54.7 Å². The number of aromatic nitrogens is 2. The number of rotatable bonds is 5. The molecule has 1 saturated heterocycles. The molecule has 0 radical (unpaired) electrons. The maximum atomic E-state index is 12.9. The lowest BCUT2D eigenvalue weighted by Crippen LogP contribution is -2.46. The first-order valence-corrected chi connectivity index (χ1v) is 9.63. The van der Waals surface area contributed by atoms with Gasteiger partial charge in [0.25, 0.3) is 0 Å². The molecule has 1 atom stereocenters. The van der Waals surface area contributed by atoms with Gasteiger partial charge in [-0.05, 0) is 35.2 Å². The van der Waals surface area contributed by atoms with E-state index in [2.05, 4.69) is 22.5 Å². The number of amides is 2. The second-order valence-electron chi connectivity index (χ2n) is 7.27. The number of fused-ring (bicyclic) bond motifs is 1. The van der Waals surface area contributed by atoms with Crippen molar-refractivity contribution in [3.63, 3.8) is 0 Å². The van der Waals surface area contributed by atoms with Crippen LogP contribution < -0.4 is 5.32 Å². The lowest BCUT2D eigenvalue weighted by Gasteiger charge is -2.24. The SMILES string of the molecule is Cn1nccc1CNC(=O)C1CCCN1C(=O)Cc1ccc2ccccc2c1. The Morgan fingerprint density at radius 1 is 1.14 bits per heavy atom. The van der Waals surface area contributed by atoms with E-state index in [4.69, 9.17) is 0 Å². The largest absolute Gasteiger partial charge is 0.349 e. The molecule has 4 rings (SSSR count). The molecule has 0 bridgehead atoms. The van der Waals surface area contributed by atoms with Gasteiger partial charge in [0.15, 0.2) is 0 Å². The van der Waals surface area contributed by atoms with E-state index in [-0.39, 0.29) is 17.9 Å². The molecule has 144 valence electrons. The summed E-state index contributed by atoms with van der Waals surface area (Å²) in [6.07, 6.45) is 3.58. The molecule has 1 aromatic heterocycles. The predicted molar refractivity (Wildman–Crippen MR) is 107 cm³/mol. The Kier molecular flexibility index (Phi) is 5.10. The van der Waals surface area contributed by atoms with Crippen LogP contribution >= 0.6 is 0 Å².